The van der Waals surface area contributed by atoms with Crippen LogP contribution in [0.25, 0.3) is 0 Å². The molecule has 0 unspecified atom stereocenters. The van der Waals surface area contributed by atoms with Crippen LogP contribution in [0.4, 0.5) is 0 Å². The molecule has 4 aliphatic carbocycles. The lowest BCUT2D eigenvalue weighted by atomic mass is 9.53. The maximum absolute atomic E-state index is 12.3. The first-order valence-electron chi connectivity index (χ1n) is 9.21. The van der Waals surface area contributed by atoms with Crippen LogP contribution in [-0.2, 0) is 19.4 Å². The lowest BCUT2D eigenvalue weighted by Crippen LogP contribution is -2.56. The second kappa shape index (κ2) is 6.25. The van der Waals surface area contributed by atoms with Crippen LogP contribution in [0.2, 0.25) is 0 Å². The van der Waals surface area contributed by atoms with E-state index in [9.17, 15) is 18.3 Å². The largest absolute Gasteiger partial charge is 0.462 e. The Labute approximate surface area is 143 Å². The van der Waals surface area contributed by atoms with Crippen molar-refractivity contribution in [1.82, 2.24) is 4.90 Å². The molecule has 5 fully saturated rings. The molecule has 0 amide bonds. The molecule has 24 heavy (non-hydrogen) atoms. The monoisotopic (exact) mass is 357 g/mol. The van der Waals surface area contributed by atoms with Crippen LogP contribution in [0.5, 0.6) is 0 Å². The minimum Gasteiger partial charge on any atom is -0.462 e. The summed E-state index contributed by atoms with van der Waals surface area (Å²) in [5, 5.41) is 10.2. The van der Waals surface area contributed by atoms with E-state index in [2.05, 4.69) is 0 Å². The summed E-state index contributed by atoms with van der Waals surface area (Å²) in [5.41, 5.74) is 0. The molecule has 5 rings (SSSR count). The van der Waals surface area contributed by atoms with Crippen LogP contribution in [0.3, 0.4) is 0 Å². The average molecular weight is 357 g/mol. The van der Waals surface area contributed by atoms with Crippen molar-refractivity contribution in [3.05, 3.63) is 0 Å². The Morgan fingerprint density at radius 2 is 1.54 bits per heavy atom. The van der Waals surface area contributed by atoms with Gasteiger partial charge in [-0.25, -0.2) is 8.42 Å². The zero-order chi connectivity index (χ0) is 16.9. The molecule has 7 heteroatoms. The van der Waals surface area contributed by atoms with Crippen molar-refractivity contribution >= 4 is 15.8 Å². The van der Waals surface area contributed by atoms with E-state index in [-0.39, 0.29) is 29.7 Å². The van der Waals surface area contributed by atoms with E-state index in [4.69, 9.17) is 4.74 Å². The summed E-state index contributed by atoms with van der Waals surface area (Å²) in [7, 11) is -2.87. The van der Waals surface area contributed by atoms with Crippen molar-refractivity contribution in [3.63, 3.8) is 0 Å². The van der Waals surface area contributed by atoms with Crippen LogP contribution < -0.4 is 0 Å². The Balaban J connectivity index is 1.25. The number of sulfone groups is 1. The highest BCUT2D eigenvalue weighted by Crippen LogP contribution is 2.54. The minimum absolute atomic E-state index is 0.0410. The van der Waals surface area contributed by atoms with E-state index in [1.165, 1.54) is 0 Å². The van der Waals surface area contributed by atoms with E-state index in [1.54, 1.807) is 0 Å². The van der Waals surface area contributed by atoms with Crippen LogP contribution in [0.15, 0.2) is 0 Å². The van der Waals surface area contributed by atoms with Gasteiger partial charge in [-0.15, -0.1) is 0 Å². The third kappa shape index (κ3) is 3.22. The van der Waals surface area contributed by atoms with Crippen LogP contribution in [0.1, 0.15) is 32.1 Å². The van der Waals surface area contributed by atoms with Crippen LogP contribution in [-0.4, -0.2) is 67.7 Å². The third-order valence-corrected chi connectivity index (χ3v) is 8.26. The number of esters is 1. The zero-order valence-electron chi connectivity index (χ0n) is 14.0. The van der Waals surface area contributed by atoms with Gasteiger partial charge in [0.2, 0.25) is 0 Å². The Morgan fingerprint density at radius 1 is 1.00 bits per heavy atom. The van der Waals surface area contributed by atoms with Gasteiger partial charge in [0.25, 0.3) is 0 Å². The predicted octanol–water partition coefficient (Wildman–Crippen LogP) is 0.446. The van der Waals surface area contributed by atoms with Gasteiger partial charge in [0.1, 0.15) is 6.10 Å². The molecule has 4 bridgehead atoms. The molecule has 4 saturated carbocycles. The molecule has 1 aliphatic heterocycles. The number of nitrogens with zero attached hydrogens (tertiary/aromatic N) is 1. The molecule has 0 aromatic carbocycles. The van der Waals surface area contributed by atoms with Gasteiger partial charge in [-0.2, -0.15) is 0 Å². The number of hydrogen-bond donors (Lipinski definition) is 1. The fraction of sp³-hybridized carbons (Fsp3) is 0.941. The lowest BCUT2D eigenvalue weighted by molar-refractivity contribution is -0.185. The van der Waals surface area contributed by atoms with Gasteiger partial charge in [-0.1, -0.05) is 0 Å². The van der Waals surface area contributed by atoms with Gasteiger partial charge in [0.15, 0.2) is 9.84 Å². The maximum atomic E-state index is 12.3. The highest BCUT2D eigenvalue weighted by atomic mass is 32.2. The zero-order valence-corrected chi connectivity index (χ0v) is 14.8. The molecule has 0 aromatic heterocycles. The highest BCUT2D eigenvalue weighted by molar-refractivity contribution is 7.91. The molecule has 0 aromatic rings. The van der Waals surface area contributed by atoms with Crippen molar-refractivity contribution < 1.29 is 23.1 Å². The molecule has 1 saturated heterocycles. The van der Waals surface area contributed by atoms with Crippen LogP contribution in [0, 0.1) is 23.7 Å². The number of rotatable bonds is 4. The first-order valence-corrected chi connectivity index (χ1v) is 11.0. The van der Waals surface area contributed by atoms with Gasteiger partial charge >= 0.3 is 5.97 Å². The minimum atomic E-state index is -2.87. The molecule has 5 aliphatic rings. The van der Waals surface area contributed by atoms with Crippen molar-refractivity contribution in [2.24, 2.45) is 23.7 Å². The van der Waals surface area contributed by atoms with E-state index < -0.39 is 9.84 Å². The quantitative estimate of drug-likeness (QED) is 0.736. The molecule has 136 valence electrons. The molecular weight excluding hydrogens is 330 g/mol. The summed E-state index contributed by atoms with van der Waals surface area (Å²) in [4.78, 5) is 14.3. The van der Waals surface area contributed by atoms with Gasteiger partial charge in [-0.05, 0) is 49.4 Å². The topological polar surface area (TPSA) is 83.9 Å². The van der Waals surface area contributed by atoms with Crippen molar-refractivity contribution in [2.75, 3.05) is 31.1 Å². The predicted molar refractivity (Wildman–Crippen MR) is 88.0 cm³/mol. The van der Waals surface area contributed by atoms with Gasteiger partial charge < -0.3 is 14.7 Å². The summed E-state index contributed by atoms with van der Waals surface area (Å²) in [5.74, 6) is 1.93. The van der Waals surface area contributed by atoms with Crippen LogP contribution >= 0.6 is 0 Å². The van der Waals surface area contributed by atoms with Crippen molar-refractivity contribution in [1.29, 1.82) is 0 Å². The standard InChI is InChI=1S/C17H27NO5S/c19-15(1-2-18-3-5-24(21,22)6-4-18)23-17-13-7-11-8-14(17)10-12(9-13)16(11)20/h11-14,16-17,20H,1-10H2. The SMILES string of the molecule is O=C(CCN1CCS(=O)(=O)CC1)OC1C2CC3CC1CC(C2)C3O. The molecule has 6 nitrogen and oxygen atoms in total. The van der Waals surface area contributed by atoms with Crippen molar-refractivity contribution in [3.8, 4) is 0 Å². The Kier molecular flexibility index (Phi) is 4.37. The fourth-order valence-corrected chi connectivity index (χ4v) is 6.71. The van der Waals surface area contributed by atoms with E-state index >= 15 is 0 Å². The molecule has 1 N–H and O–H groups in total. The Hall–Kier alpha value is -0.660. The van der Waals surface area contributed by atoms with Gasteiger partial charge in [0, 0.05) is 19.6 Å². The first kappa shape index (κ1) is 16.8. The molecular formula is C17H27NO5S. The molecule has 0 radical (unpaired) electrons. The van der Waals surface area contributed by atoms with Crippen molar-refractivity contribution in [2.45, 2.75) is 44.3 Å². The second-order valence-electron chi connectivity index (χ2n) is 8.17. The number of hydrogen-bond acceptors (Lipinski definition) is 6. The summed E-state index contributed by atoms with van der Waals surface area (Å²) < 4.78 is 28.7. The molecule has 0 atom stereocenters. The summed E-state index contributed by atoms with van der Waals surface area (Å²) in [6.07, 6.45) is 4.23. The van der Waals surface area contributed by atoms with E-state index in [1.807, 2.05) is 4.90 Å². The third-order valence-electron chi connectivity index (χ3n) is 6.65. The first-order chi connectivity index (χ1) is 11.4. The van der Waals surface area contributed by atoms with Gasteiger partial charge in [-0.3, -0.25) is 4.79 Å². The Morgan fingerprint density at radius 3 is 2.08 bits per heavy atom. The smallest absolute Gasteiger partial charge is 0.307 e. The number of aliphatic hydroxyl groups is 1. The van der Waals surface area contributed by atoms with Gasteiger partial charge in [0.05, 0.1) is 24.0 Å². The highest BCUT2D eigenvalue weighted by Gasteiger charge is 2.53. The van der Waals surface area contributed by atoms with E-state index in [0.29, 0.717) is 49.7 Å². The molecule has 0 spiro atoms. The summed E-state index contributed by atoms with van der Waals surface area (Å²) in [6.45, 7) is 1.62. The second-order valence-corrected chi connectivity index (χ2v) is 10.5. The number of ether oxygens (including phenoxy) is 1. The number of carbonyl (C=O) groups excluding carboxylic acids is 1. The summed E-state index contributed by atoms with van der Waals surface area (Å²) >= 11 is 0. The van der Waals surface area contributed by atoms with E-state index in [0.717, 1.165) is 25.7 Å². The maximum Gasteiger partial charge on any atom is 0.307 e. The lowest BCUT2D eigenvalue weighted by Gasteiger charge is -2.55. The number of carbonyl (C=O) groups is 1. The fourth-order valence-electron chi connectivity index (χ4n) is 5.43. The Bertz CT molecular complexity index is 560. The normalized spacial score (nSPS) is 43.7. The number of aliphatic hydroxyl groups excluding tert-OH is 1. The summed E-state index contributed by atoms with van der Waals surface area (Å²) in [6, 6.07) is 0. The average Bonchev–Trinajstić information content (AvgIpc) is 2.52. The molecule has 1 heterocycles.